The van der Waals surface area contributed by atoms with Crippen molar-refractivity contribution in [3.8, 4) is 17.5 Å². The Kier molecular flexibility index (Phi) is 1.95. The number of hydrogen-bond acceptors (Lipinski definition) is 4. The summed E-state index contributed by atoms with van der Waals surface area (Å²) in [5.74, 6) is 1.53. The lowest BCUT2D eigenvalue weighted by molar-refractivity contribution is 0.534. The third-order valence-electron chi connectivity index (χ3n) is 2.53. The predicted molar refractivity (Wildman–Crippen MR) is 60.1 cm³/mol. The number of rotatable bonds is 1. The highest BCUT2D eigenvalue weighted by Gasteiger charge is 2.10. The lowest BCUT2D eigenvalue weighted by Crippen LogP contribution is -1.88. The second kappa shape index (κ2) is 3.46. The van der Waals surface area contributed by atoms with E-state index in [0.717, 1.165) is 11.3 Å². The van der Waals surface area contributed by atoms with Crippen LogP contribution >= 0.6 is 0 Å². The molecule has 0 amide bonds. The number of aryl methyl sites for hydroxylation is 1. The predicted octanol–water partition coefficient (Wildman–Crippen LogP) is 2.17. The van der Waals surface area contributed by atoms with E-state index >= 15 is 0 Å². The van der Waals surface area contributed by atoms with Gasteiger partial charge in [0.1, 0.15) is 12.0 Å². The quantitative estimate of drug-likeness (QED) is 0.635. The Balaban J connectivity index is 2.22. The van der Waals surface area contributed by atoms with E-state index in [2.05, 4.69) is 16.3 Å². The van der Waals surface area contributed by atoms with E-state index in [1.807, 2.05) is 17.4 Å². The number of nitrogens with zero attached hydrogens (tertiary/aromatic N) is 4. The van der Waals surface area contributed by atoms with Crippen LogP contribution in [0.4, 0.5) is 0 Å². The van der Waals surface area contributed by atoms with Gasteiger partial charge in [-0.05, 0) is 19.1 Å². The summed E-state index contributed by atoms with van der Waals surface area (Å²) >= 11 is 0. The lowest BCUT2D eigenvalue weighted by Gasteiger charge is -1.95. The highest BCUT2D eigenvalue weighted by molar-refractivity contribution is 5.59. The minimum absolute atomic E-state index is 0.569. The fourth-order valence-electron chi connectivity index (χ4n) is 1.72. The molecule has 82 valence electrons. The van der Waals surface area contributed by atoms with Crippen molar-refractivity contribution < 1.29 is 4.42 Å². The van der Waals surface area contributed by atoms with Crippen molar-refractivity contribution in [2.24, 2.45) is 0 Å². The van der Waals surface area contributed by atoms with E-state index in [1.165, 1.54) is 0 Å². The first kappa shape index (κ1) is 9.60. The van der Waals surface area contributed by atoms with Gasteiger partial charge in [0.15, 0.2) is 11.5 Å². The van der Waals surface area contributed by atoms with Crippen LogP contribution in [-0.4, -0.2) is 14.6 Å². The number of pyridine rings is 1. The van der Waals surface area contributed by atoms with Crippen molar-refractivity contribution in [1.29, 1.82) is 5.26 Å². The summed E-state index contributed by atoms with van der Waals surface area (Å²) in [7, 11) is 0. The summed E-state index contributed by atoms with van der Waals surface area (Å²) in [6, 6.07) is 7.40. The van der Waals surface area contributed by atoms with Crippen molar-refractivity contribution in [2.75, 3.05) is 0 Å². The van der Waals surface area contributed by atoms with Gasteiger partial charge in [-0.1, -0.05) is 0 Å². The normalized spacial score (nSPS) is 10.6. The largest absolute Gasteiger partial charge is 0.469 e. The molecule has 3 aromatic heterocycles. The Hall–Kier alpha value is -2.61. The third-order valence-corrected chi connectivity index (χ3v) is 2.53. The highest BCUT2D eigenvalue weighted by Crippen LogP contribution is 2.20. The number of hydrogen-bond donors (Lipinski definition) is 0. The zero-order valence-electron chi connectivity index (χ0n) is 9.08. The van der Waals surface area contributed by atoms with Gasteiger partial charge in [-0.2, -0.15) is 5.26 Å². The van der Waals surface area contributed by atoms with Crippen LogP contribution in [0.25, 0.3) is 17.0 Å². The molecule has 0 N–H and O–H groups in total. The molecule has 5 heteroatoms. The molecule has 17 heavy (non-hydrogen) atoms. The van der Waals surface area contributed by atoms with Gasteiger partial charge in [-0.3, -0.25) is 4.40 Å². The van der Waals surface area contributed by atoms with Gasteiger partial charge < -0.3 is 4.42 Å². The van der Waals surface area contributed by atoms with Crippen LogP contribution in [-0.2, 0) is 0 Å². The molecule has 0 radical (unpaired) electrons. The average Bonchev–Trinajstić information content (AvgIpc) is 2.93. The fraction of sp³-hybridized carbons (Fsp3) is 0.0833. The molecule has 0 spiro atoms. The number of aromatic nitrogens is 3. The van der Waals surface area contributed by atoms with E-state index < -0.39 is 0 Å². The Bertz CT molecular complexity index is 732. The van der Waals surface area contributed by atoms with Gasteiger partial charge in [-0.25, -0.2) is 0 Å². The second-order valence-corrected chi connectivity index (χ2v) is 3.73. The van der Waals surface area contributed by atoms with Gasteiger partial charge in [0, 0.05) is 12.3 Å². The summed E-state index contributed by atoms with van der Waals surface area (Å²) in [4.78, 5) is 0. The summed E-state index contributed by atoms with van der Waals surface area (Å²) in [6.07, 6.45) is 3.43. The average molecular weight is 224 g/mol. The number of nitriles is 1. The van der Waals surface area contributed by atoms with E-state index in [-0.39, 0.29) is 0 Å². The van der Waals surface area contributed by atoms with Gasteiger partial charge in [0.05, 0.1) is 17.2 Å². The summed E-state index contributed by atoms with van der Waals surface area (Å²) in [5.41, 5.74) is 2.09. The molecule has 0 fully saturated rings. The molecule has 0 aliphatic heterocycles. The molecule has 0 aliphatic rings. The van der Waals surface area contributed by atoms with Crippen LogP contribution in [0.5, 0.6) is 0 Å². The van der Waals surface area contributed by atoms with E-state index in [0.29, 0.717) is 17.0 Å². The third kappa shape index (κ3) is 1.47. The smallest absolute Gasteiger partial charge is 0.171 e. The molecule has 0 saturated carbocycles. The standard InChI is InChI=1S/C12H8N4O/c1-8-4-10(7-17-8)12-15-14-11-5-9(6-13)2-3-16(11)12/h2-5,7H,1H3. The molecule has 0 bridgehead atoms. The van der Waals surface area contributed by atoms with Gasteiger partial charge in [0.2, 0.25) is 0 Å². The fourth-order valence-corrected chi connectivity index (χ4v) is 1.72. The summed E-state index contributed by atoms with van der Waals surface area (Å²) < 4.78 is 7.07. The molecule has 0 atom stereocenters. The topological polar surface area (TPSA) is 67.1 Å². The van der Waals surface area contributed by atoms with E-state index in [4.69, 9.17) is 9.68 Å². The molecule has 3 heterocycles. The Morgan fingerprint density at radius 3 is 2.94 bits per heavy atom. The van der Waals surface area contributed by atoms with Crippen LogP contribution in [0.3, 0.4) is 0 Å². The monoisotopic (exact) mass is 224 g/mol. The van der Waals surface area contributed by atoms with Crippen LogP contribution in [0.1, 0.15) is 11.3 Å². The SMILES string of the molecule is Cc1cc(-c2nnc3cc(C#N)ccn23)co1. The molecule has 0 saturated heterocycles. The van der Waals surface area contributed by atoms with Crippen LogP contribution < -0.4 is 0 Å². The van der Waals surface area contributed by atoms with Crippen molar-refractivity contribution >= 4 is 5.65 Å². The van der Waals surface area contributed by atoms with Crippen LogP contribution in [0, 0.1) is 18.3 Å². The zero-order chi connectivity index (χ0) is 11.8. The van der Waals surface area contributed by atoms with Gasteiger partial charge in [-0.15, -0.1) is 10.2 Å². The summed E-state index contributed by atoms with van der Waals surface area (Å²) in [5, 5.41) is 16.9. The first-order valence-electron chi connectivity index (χ1n) is 5.08. The van der Waals surface area contributed by atoms with Crippen LogP contribution in [0.2, 0.25) is 0 Å². The minimum atomic E-state index is 0.569. The Labute approximate surface area is 96.9 Å². The van der Waals surface area contributed by atoms with Crippen molar-refractivity contribution in [3.63, 3.8) is 0 Å². The molecule has 3 rings (SSSR count). The maximum atomic E-state index is 8.80. The molecular formula is C12H8N4O. The van der Waals surface area contributed by atoms with Gasteiger partial charge in [0.25, 0.3) is 0 Å². The lowest BCUT2D eigenvalue weighted by atomic mass is 10.2. The van der Waals surface area contributed by atoms with Crippen molar-refractivity contribution in [1.82, 2.24) is 14.6 Å². The molecule has 3 aromatic rings. The maximum Gasteiger partial charge on any atom is 0.171 e. The first-order valence-corrected chi connectivity index (χ1v) is 5.08. The number of furan rings is 1. The molecule has 5 nitrogen and oxygen atoms in total. The Morgan fingerprint density at radius 2 is 2.24 bits per heavy atom. The Morgan fingerprint density at radius 1 is 1.35 bits per heavy atom. The second-order valence-electron chi connectivity index (χ2n) is 3.73. The van der Waals surface area contributed by atoms with Gasteiger partial charge >= 0.3 is 0 Å². The molecular weight excluding hydrogens is 216 g/mol. The molecule has 0 aliphatic carbocycles. The first-order chi connectivity index (χ1) is 8.28. The van der Waals surface area contributed by atoms with E-state index in [9.17, 15) is 0 Å². The molecule has 0 unspecified atom stereocenters. The van der Waals surface area contributed by atoms with Crippen molar-refractivity contribution in [3.05, 3.63) is 42.0 Å². The molecule has 0 aromatic carbocycles. The zero-order valence-corrected chi connectivity index (χ0v) is 9.08. The highest BCUT2D eigenvalue weighted by atomic mass is 16.3. The maximum absolute atomic E-state index is 8.80. The van der Waals surface area contributed by atoms with Crippen molar-refractivity contribution in [2.45, 2.75) is 6.92 Å². The summed E-state index contributed by atoms with van der Waals surface area (Å²) in [6.45, 7) is 1.88. The minimum Gasteiger partial charge on any atom is -0.469 e. The van der Waals surface area contributed by atoms with Crippen LogP contribution in [0.15, 0.2) is 35.1 Å². The van der Waals surface area contributed by atoms with E-state index in [1.54, 1.807) is 24.6 Å². The number of fused-ring (bicyclic) bond motifs is 1.